The summed E-state index contributed by atoms with van der Waals surface area (Å²) in [6.07, 6.45) is 1.37. The molecular formula is C6H11N. The molecule has 1 N–H and O–H groups in total. The molecule has 1 heteroatoms. The number of rotatable bonds is 1. The van der Waals surface area contributed by atoms with Crippen LogP contribution in [0, 0.1) is 5.41 Å². The first-order valence-corrected chi connectivity index (χ1v) is 2.33. The predicted octanol–water partition coefficient (Wildman–Crippen LogP) is 1.99. The second-order valence-corrected chi connectivity index (χ2v) is 1.83. The van der Waals surface area contributed by atoms with Crippen LogP contribution in [0.25, 0.3) is 0 Å². The number of allylic oxidation sites excluding steroid dienone is 2. The summed E-state index contributed by atoms with van der Waals surface area (Å²) in [6.45, 7) is 5.93. The fraction of sp³-hybridized carbons (Fsp3) is 0.500. The van der Waals surface area contributed by atoms with Crippen molar-refractivity contribution >= 4 is 6.21 Å². The lowest BCUT2D eigenvalue weighted by Gasteiger charge is -1.89. The van der Waals surface area contributed by atoms with Gasteiger partial charge in [0.05, 0.1) is 0 Å². The predicted molar refractivity (Wildman–Crippen MR) is 32.8 cm³/mol. The molecule has 0 aliphatic carbocycles. The van der Waals surface area contributed by atoms with Gasteiger partial charge in [0.25, 0.3) is 0 Å². The van der Waals surface area contributed by atoms with Gasteiger partial charge in [-0.3, -0.25) is 0 Å². The zero-order valence-electron chi connectivity index (χ0n) is 5.08. The van der Waals surface area contributed by atoms with E-state index in [2.05, 4.69) is 0 Å². The molecule has 1 nitrogen and oxygen atoms in total. The molecule has 0 fully saturated rings. The smallest absolute Gasteiger partial charge is 0.0206 e. The van der Waals surface area contributed by atoms with Crippen LogP contribution in [0.5, 0.6) is 0 Å². The lowest BCUT2D eigenvalue weighted by atomic mass is 10.2. The third-order valence-corrected chi connectivity index (χ3v) is 1.01. The number of hydrogen-bond acceptors (Lipinski definition) is 1. The van der Waals surface area contributed by atoms with Crippen molar-refractivity contribution in [1.29, 1.82) is 5.41 Å². The Hall–Kier alpha value is -0.590. The van der Waals surface area contributed by atoms with Crippen molar-refractivity contribution in [1.82, 2.24) is 0 Å². The lowest BCUT2D eigenvalue weighted by Crippen LogP contribution is -1.76. The Morgan fingerprint density at radius 2 is 1.71 bits per heavy atom. The summed E-state index contributed by atoms with van der Waals surface area (Å²) in [6, 6.07) is 0. The lowest BCUT2D eigenvalue weighted by molar-refractivity contribution is 1.32. The standard InChI is InChI=1S/C6H11N/c1-5(2)6(3)4-7/h4,7H,1-3H3. The largest absolute Gasteiger partial charge is 0.308 e. The molecule has 0 aliphatic heterocycles. The van der Waals surface area contributed by atoms with E-state index in [9.17, 15) is 0 Å². The summed E-state index contributed by atoms with van der Waals surface area (Å²) in [4.78, 5) is 0. The zero-order chi connectivity index (χ0) is 5.86. The number of nitrogens with one attached hydrogen (secondary N) is 1. The van der Waals surface area contributed by atoms with E-state index in [1.165, 1.54) is 11.8 Å². The molecule has 0 radical (unpaired) electrons. The maximum atomic E-state index is 6.76. The van der Waals surface area contributed by atoms with Gasteiger partial charge in [-0.1, -0.05) is 5.57 Å². The summed E-state index contributed by atoms with van der Waals surface area (Å²) >= 11 is 0. The van der Waals surface area contributed by atoms with E-state index in [1.807, 2.05) is 20.8 Å². The first-order valence-electron chi connectivity index (χ1n) is 2.33. The molecule has 0 bridgehead atoms. The van der Waals surface area contributed by atoms with Crippen molar-refractivity contribution < 1.29 is 0 Å². The molecule has 0 saturated heterocycles. The molecule has 0 saturated carbocycles. The van der Waals surface area contributed by atoms with Crippen molar-refractivity contribution in [2.24, 2.45) is 0 Å². The molecule has 0 amide bonds. The Balaban J connectivity index is 3.98. The van der Waals surface area contributed by atoms with Gasteiger partial charge >= 0.3 is 0 Å². The second kappa shape index (κ2) is 2.56. The van der Waals surface area contributed by atoms with Crippen LogP contribution in [0.15, 0.2) is 11.1 Å². The summed E-state index contributed by atoms with van der Waals surface area (Å²) in [5.74, 6) is 0. The maximum absolute atomic E-state index is 6.76. The van der Waals surface area contributed by atoms with E-state index in [0.717, 1.165) is 5.57 Å². The molecule has 0 spiro atoms. The van der Waals surface area contributed by atoms with Gasteiger partial charge in [0.15, 0.2) is 0 Å². The van der Waals surface area contributed by atoms with Crippen molar-refractivity contribution in [3.05, 3.63) is 11.1 Å². The average molecular weight is 97.2 g/mol. The maximum Gasteiger partial charge on any atom is 0.0206 e. The van der Waals surface area contributed by atoms with Crippen LogP contribution in [-0.4, -0.2) is 6.21 Å². The molecular weight excluding hydrogens is 86.1 g/mol. The first-order chi connectivity index (χ1) is 3.18. The molecule has 0 atom stereocenters. The van der Waals surface area contributed by atoms with Crippen LogP contribution in [-0.2, 0) is 0 Å². The Morgan fingerprint density at radius 1 is 1.29 bits per heavy atom. The van der Waals surface area contributed by atoms with Crippen molar-refractivity contribution in [3.8, 4) is 0 Å². The highest BCUT2D eigenvalue weighted by atomic mass is 14.3. The summed E-state index contributed by atoms with van der Waals surface area (Å²) in [7, 11) is 0. The minimum Gasteiger partial charge on any atom is -0.308 e. The molecule has 0 aromatic rings. The molecule has 0 aliphatic rings. The SMILES string of the molecule is CC(C)=C(C)C=N. The highest BCUT2D eigenvalue weighted by Gasteiger charge is 1.80. The third-order valence-electron chi connectivity index (χ3n) is 1.01. The first kappa shape index (κ1) is 6.41. The normalized spacial score (nSPS) is 7.86. The molecule has 40 valence electrons. The molecule has 0 rings (SSSR count). The van der Waals surface area contributed by atoms with E-state index < -0.39 is 0 Å². The van der Waals surface area contributed by atoms with Crippen molar-refractivity contribution in [2.75, 3.05) is 0 Å². The second-order valence-electron chi connectivity index (χ2n) is 1.83. The third kappa shape index (κ3) is 2.15. The van der Waals surface area contributed by atoms with E-state index in [1.54, 1.807) is 0 Å². The Labute approximate surface area is 44.6 Å². The van der Waals surface area contributed by atoms with Crippen LogP contribution >= 0.6 is 0 Å². The summed E-state index contributed by atoms with van der Waals surface area (Å²) in [5, 5.41) is 6.76. The fourth-order valence-corrected chi connectivity index (χ4v) is 0.144. The van der Waals surface area contributed by atoms with Crippen LogP contribution in [0.4, 0.5) is 0 Å². The van der Waals surface area contributed by atoms with Gasteiger partial charge in [0, 0.05) is 6.21 Å². The Kier molecular flexibility index (Phi) is 2.34. The average Bonchev–Trinajstić information content (AvgIpc) is 1.65. The highest BCUT2D eigenvalue weighted by molar-refractivity contribution is 5.75. The van der Waals surface area contributed by atoms with E-state index in [-0.39, 0.29) is 0 Å². The quantitative estimate of drug-likeness (QED) is 0.484. The molecule has 0 aromatic heterocycles. The van der Waals surface area contributed by atoms with Crippen LogP contribution < -0.4 is 0 Å². The summed E-state index contributed by atoms with van der Waals surface area (Å²) in [5.41, 5.74) is 2.27. The van der Waals surface area contributed by atoms with Gasteiger partial charge < -0.3 is 5.41 Å². The topological polar surface area (TPSA) is 23.9 Å². The molecule has 0 unspecified atom stereocenters. The van der Waals surface area contributed by atoms with Gasteiger partial charge in [0.2, 0.25) is 0 Å². The number of hydrogen-bond donors (Lipinski definition) is 1. The molecule has 0 heterocycles. The van der Waals surface area contributed by atoms with Gasteiger partial charge in [-0.05, 0) is 26.3 Å². The highest BCUT2D eigenvalue weighted by Crippen LogP contribution is 1.95. The monoisotopic (exact) mass is 97.1 g/mol. The minimum absolute atomic E-state index is 1.06. The van der Waals surface area contributed by atoms with E-state index in [4.69, 9.17) is 5.41 Å². The van der Waals surface area contributed by atoms with Gasteiger partial charge in [0.1, 0.15) is 0 Å². The Morgan fingerprint density at radius 3 is 1.71 bits per heavy atom. The van der Waals surface area contributed by atoms with E-state index >= 15 is 0 Å². The molecule has 7 heavy (non-hydrogen) atoms. The van der Waals surface area contributed by atoms with Crippen molar-refractivity contribution in [2.45, 2.75) is 20.8 Å². The Bertz CT molecular complexity index is 96.7. The van der Waals surface area contributed by atoms with Gasteiger partial charge in [-0.25, -0.2) is 0 Å². The zero-order valence-corrected chi connectivity index (χ0v) is 5.08. The van der Waals surface area contributed by atoms with Crippen LogP contribution in [0.2, 0.25) is 0 Å². The minimum atomic E-state index is 1.06. The van der Waals surface area contributed by atoms with Crippen molar-refractivity contribution in [3.63, 3.8) is 0 Å². The van der Waals surface area contributed by atoms with Crippen LogP contribution in [0.1, 0.15) is 20.8 Å². The molecule has 0 aromatic carbocycles. The van der Waals surface area contributed by atoms with Crippen LogP contribution in [0.3, 0.4) is 0 Å². The van der Waals surface area contributed by atoms with Gasteiger partial charge in [-0.15, -0.1) is 0 Å². The van der Waals surface area contributed by atoms with E-state index in [0.29, 0.717) is 0 Å². The fourth-order valence-electron chi connectivity index (χ4n) is 0.144. The summed E-state index contributed by atoms with van der Waals surface area (Å²) < 4.78 is 0. The van der Waals surface area contributed by atoms with Gasteiger partial charge in [-0.2, -0.15) is 0 Å².